The molecule has 1 aliphatic rings. The molecule has 2 atom stereocenters. The van der Waals surface area contributed by atoms with Crippen LogP contribution in [0.4, 0.5) is 4.39 Å². The lowest BCUT2D eigenvalue weighted by Crippen LogP contribution is -2.38. The number of likely N-dealkylation sites (tertiary alicyclic amines) is 1. The van der Waals surface area contributed by atoms with Gasteiger partial charge in [0.2, 0.25) is 5.91 Å². The molecular formula is C14H15FN2O2. The first kappa shape index (κ1) is 13.5. The molecule has 1 N–H and O–H groups in total. The number of rotatable bonds is 3. The number of carbonyl (C=O) groups is 1. The van der Waals surface area contributed by atoms with Gasteiger partial charge in [-0.25, -0.2) is 4.39 Å². The van der Waals surface area contributed by atoms with Gasteiger partial charge in [-0.2, -0.15) is 5.26 Å². The van der Waals surface area contributed by atoms with Gasteiger partial charge in [-0.3, -0.25) is 4.79 Å². The third kappa shape index (κ3) is 3.09. The Hall–Kier alpha value is -1.93. The minimum absolute atomic E-state index is 0.0559. The Morgan fingerprint density at radius 2 is 2.16 bits per heavy atom. The van der Waals surface area contributed by atoms with Crippen molar-refractivity contribution in [2.45, 2.75) is 25.1 Å². The van der Waals surface area contributed by atoms with Gasteiger partial charge in [0.05, 0.1) is 37.2 Å². The molecule has 1 aromatic rings. The molecule has 4 nitrogen and oxygen atoms in total. The van der Waals surface area contributed by atoms with Crippen molar-refractivity contribution in [3.05, 3.63) is 35.4 Å². The second-order valence-corrected chi connectivity index (χ2v) is 4.70. The van der Waals surface area contributed by atoms with E-state index in [1.54, 1.807) is 24.3 Å². The number of aliphatic hydroxyl groups excluding tert-OH is 1. The number of hydrogen-bond acceptors (Lipinski definition) is 3. The summed E-state index contributed by atoms with van der Waals surface area (Å²) in [5.74, 6) is -0.191. The first-order valence-electron chi connectivity index (χ1n) is 6.17. The zero-order chi connectivity index (χ0) is 13.8. The summed E-state index contributed by atoms with van der Waals surface area (Å²) in [5, 5.41) is 17.8. The second-order valence-electron chi connectivity index (χ2n) is 4.70. The average molecular weight is 262 g/mol. The molecule has 1 fully saturated rings. The molecule has 100 valence electrons. The number of alkyl halides is 1. The highest BCUT2D eigenvalue weighted by Crippen LogP contribution is 2.21. The number of amides is 1. The van der Waals surface area contributed by atoms with Crippen LogP contribution in [0, 0.1) is 11.3 Å². The van der Waals surface area contributed by atoms with Crippen LogP contribution >= 0.6 is 0 Å². The molecule has 1 amide bonds. The minimum Gasteiger partial charge on any atom is -0.394 e. The molecule has 0 unspecified atom stereocenters. The molecule has 0 bridgehead atoms. The molecule has 5 heteroatoms. The third-order valence-corrected chi connectivity index (χ3v) is 3.33. The summed E-state index contributed by atoms with van der Waals surface area (Å²) in [4.78, 5) is 13.5. The van der Waals surface area contributed by atoms with Crippen LogP contribution in [0.2, 0.25) is 0 Å². The first-order chi connectivity index (χ1) is 9.13. The number of hydrogen-bond donors (Lipinski definition) is 1. The Bertz CT molecular complexity index is 495. The monoisotopic (exact) mass is 262 g/mol. The van der Waals surface area contributed by atoms with Gasteiger partial charge in [0.15, 0.2) is 0 Å². The van der Waals surface area contributed by atoms with Crippen LogP contribution in [0.1, 0.15) is 17.5 Å². The molecule has 1 aliphatic heterocycles. The number of nitrogens with zero attached hydrogens (tertiary/aromatic N) is 2. The van der Waals surface area contributed by atoms with Gasteiger partial charge >= 0.3 is 0 Å². The van der Waals surface area contributed by atoms with Crippen molar-refractivity contribution in [1.82, 2.24) is 4.90 Å². The number of halogens is 1. The Morgan fingerprint density at radius 1 is 1.47 bits per heavy atom. The molecule has 1 aromatic carbocycles. The quantitative estimate of drug-likeness (QED) is 0.885. The molecule has 1 heterocycles. The predicted octanol–water partition coefficient (Wildman–Crippen LogP) is 1.03. The third-order valence-electron chi connectivity index (χ3n) is 3.33. The summed E-state index contributed by atoms with van der Waals surface area (Å²) >= 11 is 0. The van der Waals surface area contributed by atoms with Crippen LogP contribution in [-0.2, 0) is 11.2 Å². The SMILES string of the molecule is N#Cc1ccc(CC(=O)N2C[C@@H](F)C[C@H]2CO)cc1. The summed E-state index contributed by atoms with van der Waals surface area (Å²) in [5.41, 5.74) is 1.32. The fourth-order valence-electron chi connectivity index (χ4n) is 2.31. The van der Waals surface area contributed by atoms with Crippen molar-refractivity contribution in [2.24, 2.45) is 0 Å². The predicted molar refractivity (Wildman–Crippen MR) is 67.0 cm³/mol. The van der Waals surface area contributed by atoms with Crippen LogP contribution in [0.15, 0.2) is 24.3 Å². The van der Waals surface area contributed by atoms with Gasteiger partial charge in [0.1, 0.15) is 6.17 Å². The van der Waals surface area contributed by atoms with Crippen LogP contribution in [0.25, 0.3) is 0 Å². The van der Waals surface area contributed by atoms with Gasteiger partial charge in [0, 0.05) is 6.42 Å². The van der Waals surface area contributed by atoms with Gasteiger partial charge in [-0.1, -0.05) is 12.1 Å². The summed E-state index contributed by atoms with van der Waals surface area (Å²) < 4.78 is 13.3. The van der Waals surface area contributed by atoms with E-state index in [2.05, 4.69) is 0 Å². The second kappa shape index (κ2) is 5.81. The smallest absolute Gasteiger partial charge is 0.227 e. The van der Waals surface area contributed by atoms with Crippen molar-refractivity contribution < 1.29 is 14.3 Å². The topological polar surface area (TPSA) is 64.3 Å². The Kier molecular flexibility index (Phi) is 4.13. The minimum atomic E-state index is -1.05. The highest BCUT2D eigenvalue weighted by atomic mass is 19.1. The van der Waals surface area contributed by atoms with Crippen molar-refractivity contribution in [3.63, 3.8) is 0 Å². The zero-order valence-electron chi connectivity index (χ0n) is 10.4. The maximum absolute atomic E-state index is 13.3. The Balaban J connectivity index is 2.02. The fourth-order valence-corrected chi connectivity index (χ4v) is 2.31. The van der Waals surface area contributed by atoms with Gasteiger partial charge < -0.3 is 10.0 Å². The Morgan fingerprint density at radius 3 is 2.74 bits per heavy atom. The summed E-state index contributed by atoms with van der Waals surface area (Å²) in [6.07, 6.45) is -0.688. The molecule has 0 aliphatic carbocycles. The van der Waals surface area contributed by atoms with Crippen LogP contribution < -0.4 is 0 Å². The normalized spacial score (nSPS) is 22.3. The molecule has 0 spiro atoms. The standard InChI is InChI=1S/C14H15FN2O2/c15-12-6-13(9-18)17(8-12)14(19)5-10-1-3-11(7-16)4-2-10/h1-4,12-13,18H,5-6,8-9H2/t12-,13-/m0/s1. The van der Waals surface area contributed by atoms with E-state index in [-0.39, 0.29) is 31.9 Å². The van der Waals surface area contributed by atoms with E-state index in [1.165, 1.54) is 4.90 Å². The maximum atomic E-state index is 13.3. The maximum Gasteiger partial charge on any atom is 0.227 e. The fraction of sp³-hybridized carbons (Fsp3) is 0.429. The average Bonchev–Trinajstić information content (AvgIpc) is 2.81. The molecule has 1 saturated heterocycles. The molecule has 0 radical (unpaired) electrons. The van der Waals surface area contributed by atoms with E-state index in [0.717, 1.165) is 5.56 Å². The number of carbonyl (C=O) groups excluding carboxylic acids is 1. The van der Waals surface area contributed by atoms with Gasteiger partial charge in [-0.05, 0) is 17.7 Å². The van der Waals surface area contributed by atoms with Crippen LogP contribution in [0.5, 0.6) is 0 Å². The Labute approximate surface area is 111 Å². The molecule has 0 saturated carbocycles. The summed E-state index contributed by atoms with van der Waals surface area (Å²) in [6, 6.07) is 8.32. The lowest BCUT2D eigenvalue weighted by atomic mass is 10.1. The lowest BCUT2D eigenvalue weighted by Gasteiger charge is -2.22. The van der Waals surface area contributed by atoms with E-state index in [1.807, 2.05) is 6.07 Å². The number of nitriles is 1. The van der Waals surface area contributed by atoms with Gasteiger partial charge in [0.25, 0.3) is 0 Å². The summed E-state index contributed by atoms with van der Waals surface area (Å²) in [7, 11) is 0. The highest BCUT2D eigenvalue weighted by molar-refractivity contribution is 5.79. The number of aliphatic hydroxyl groups is 1. The molecule has 2 rings (SSSR count). The van der Waals surface area contributed by atoms with Crippen molar-refractivity contribution in [1.29, 1.82) is 5.26 Å². The number of benzene rings is 1. The van der Waals surface area contributed by atoms with Crippen molar-refractivity contribution in [2.75, 3.05) is 13.2 Å². The summed E-state index contributed by atoms with van der Waals surface area (Å²) in [6.45, 7) is -0.153. The highest BCUT2D eigenvalue weighted by Gasteiger charge is 2.34. The largest absolute Gasteiger partial charge is 0.394 e. The van der Waals surface area contributed by atoms with E-state index >= 15 is 0 Å². The first-order valence-corrected chi connectivity index (χ1v) is 6.17. The molecular weight excluding hydrogens is 247 g/mol. The van der Waals surface area contributed by atoms with E-state index < -0.39 is 12.2 Å². The zero-order valence-corrected chi connectivity index (χ0v) is 10.4. The van der Waals surface area contributed by atoms with Crippen molar-refractivity contribution >= 4 is 5.91 Å². The van der Waals surface area contributed by atoms with Crippen LogP contribution in [0.3, 0.4) is 0 Å². The van der Waals surface area contributed by atoms with E-state index in [4.69, 9.17) is 10.4 Å². The van der Waals surface area contributed by atoms with E-state index in [0.29, 0.717) is 5.56 Å². The lowest BCUT2D eigenvalue weighted by molar-refractivity contribution is -0.132. The van der Waals surface area contributed by atoms with Crippen LogP contribution in [-0.4, -0.2) is 41.3 Å². The molecule has 19 heavy (non-hydrogen) atoms. The van der Waals surface area contributed by atoms with Gasteiger partial charge in [-0.15, -0.1) is 0 Å². The molecule has 0 aromatic heterocycles. The van der Waals surface area contributed by atoms with Crippen molar-refractivity contribution in [3.8, 4) is 6.07 Å². The van der Waals surface area contributed by atoms with E-state index in [9.17, 15) is 9.18 Å².